The van der Waals surface area contributed by atoms with E-state index in [1.165, 1.54) is 12.1 Å². The van der Waals surface area contributed by atoms with Crippen LogP contribution >= 0.6 is 0 Å². The fourth-order valence-electron chi connectivity index (χ4n) is 1.68. The van der Waals surface area contributed by atoms with E-state index in [1.807, 2.05) is 0 Å². The molecule has 3 N–H and O–H groups in total. The highest BCUT2D eigenvalue weighted by Crippen LogP contribution is 2.28. The number of rotatable bonds is 3. The van der Waals surface area contributed by atoms with Crippen molar-refractivity contribution in [3.8, 4) is 5.75 Å². The molecule has 0 aliphatic rings. The fraction of sp³-hybridized carbons (Fsp3) is 0. The van der Waals surface area contributed by atoms with Crippen molar-refractivity contribution in [1.82, 2.24) is 0 Å². The van der Waals surface area contributed by atoms with E-state index in [1.54, 1.807) is 0 Å². The van der Waals surface area contributed by atoms with Crippen molar-refractivity contribution >= 4 is 17.6 Å². The van der Waals surface area contributed by atoms with Crippen LogP contribution in [-0.4, -0.2) is 22.1 Å². The lowest BCUT2D eigenvalue weighted by atomic mass is 10.1. The Morgan fingerprint density at radius 2 is 1.76 bits per heavy atom. The Kier molecular flexibility index (Phi) is 3.84. The first-order valence-electron chi connectivity index (χ1n) is 5.72. The Labute approximate surface area is 117 Å². The van der Waals surface area contributed by atoms with Crippen LogP contribution in [0.25, 0.3) is 0 Å². The minimum absolute atomic E-state index is 0.191. The molecule has 2 aromatic carbocycles. The van der Waals surface area contributed by atoms with Gasteiger partial charge in [-0.15, -0.1) is 0 Å². The van der Waals surface area contributed by atoms with Crippen molar-refractivity contribution < 1.29 is 28.6 Å². The number of aromatic carboxylic acids is 1. The summed E-state index contributed by atoms with van der Waals surface area (Å²) >= 11 is 0. The number of benzene rings is 2. The number of nitrogens with one attached hydrogen (secondary N) is 1. The van der Waals surface area contributed by atoms with Crippen molar-refractivity contribution in [2.45, 2.75) is 0 Å². The average Bonchev–Trinajstić information content (AvgIpc) is 2.40. The number of anilines is 1. The first-order chi connectivity index (χ1) is 9.90. The number of para-hydroxylation sites is 1. The van der Waals surface area contributed by atoms with Crippen LogP contribution in [0.15, 0.2) is 36.4 Å². The number of amides is 1. The van der Waals surface area contributed by atoms with E-state index in [0.29, 0.717) is 6.07 Å². The number of carboxylic acid groups (broad SMARTS) is 1. The molecule has 0 aliphatic heterocycles. The van der Waals surface area contributed by atoms with Gasteiger partial charge < -0.3 is 15.5 Å². The van der Waals surface area contributed by atoms with E-state index >= 15 is 0 Å². The van der Waals surface area contributed by atoms with Gasteiger partial charge >= 0.3 is 5.97 Å². The smallest absolute Gasteiger partial charge is 0.339 e. The van der Waals surface area contributed by atoms with Gasteiger partial charge in [-0.25, -0.2) is 13.6 Å². The topological polar surface area (TPSA) is 86.6 Å². The maximum atomic E-state index is 13.5. The third-order valence-electron chi connectivity index (χ3n) is 2.69. The van der Waals surface area contributed by atoms with Crippen LogP contribution in [0.3, 0.4) is 0 Å². The lowest BCUT2D eigenvalue weighted by molar-refractivity contribution is 0.0693. The maximum absolute atomic E-state index is 13.5. The molecule has 0 heterocycles. The van der Waals surface area contributed by atoms with Gasteiger partial charge in [0.05, 0.1) is 11.3 Å². The quantitative estimate of drug-likeness (QED) is 0.759. The predicted octanol–water partition coefficient (Wildman–Crippen LogP) is 2.62. The van der Waals surface area contributed by atoms with Crippen molar-refractivity contribution in [3.05, 3.63) is 59.2 Å². The molecule has 2 aromatic rings. The molecule has 0 aromatic heterocycles. The number of carbonyl (C=O) groups is 2. The molecule has 7 heteroatoms. The minimum Gasteiger partial charge on any atom is -0.505 e. The summed E-state index contributed by atoms with van der Waals surface area (Å²) in [5.74, 6) is -4.87. The van der Waals surface area contributed by atoms with Gasteiger partial charge in [-0.1, -0.05) is 6.07 Å². The van der Waals surface area contributed by atoms with E-state index in [4.69, 9.17) is 5.11 Å². The average molecular weight is 293 g/mol. The van der Waals surface area contributed by atoms with Gasteiger partial charge in [-0.05, 0) is 24.3 Å². The SMILES string of the molecule is O=C(Nc1cccc(C(=O)O)c1O)c1ccc(F)cc1F. The molecule has 108 valence electrons. The van der Waals surface area contributed by atoms with Gasteiger partial charge in [0, 0.05) is 6.07 Å². The Bertz CT molecular complexity index is 731. The molecule has 0 saturated heterocycles. The molecule has 2 rings (SSSR count). The second-order valence-electron chi connectivity index (χ2n) is 4.09. The van der Waals surface area contributed by atoms with Crippen molar-refractivity contribution in [2.75, 3.05) is 5.32 Å². The zero-order valence-electron chi connectivity index (χ0n) is 10.4. The zero-order chi connectivity index (χ0) is 15.6. The standard InChI is InChI=1S/C14H9F2NO4/c15-7-4-5-8(10(16)6-7)13(19)17-11-3-1-2-9(12(11)18)14(20)21/h1-6,18H,(H,17,19)(H,20,21). The Morgan fingerprint density at radius 1 is 1.05 bits per heavy atom. The lowest BCUT2D eigenvalue weighted by Gasteiger charge is -2.09. The van der Waals surface area contributed by atoms with E-state index in [9.17, 15) is 23.5 Å². The minimum atomic E-state index is -1.38. The molecule has 1 amide bonds. The highest BCUT2D eigenvalue weighted by atomic mass is 19.1. The predicted molar refractivity (Wildman–Crippen MR) is 69.4 cm³/mol. The highest BCUT2D eigenvalue weighted by molar-refractivity contribution is 6.06. The summed E-state index contributed by atoms with van der Waals surface area (Å²) in [7, 11) is 0. The summed E-state index contributed by atoms with van der Waals surface area (Å²) in [6.45, 7) is 0. The van der Waals surface area contributed by atoms with Crippen LogP contribution in [0.2, 0.25) is 0 Å². The molecule has 0 aliphatic carbocycles. The first kappa shape index (κ1) is 14.4. The van der Waals surface area contributed by atoms with Crippen molar-refractivity contribution in [2.24, 2.45) is 0 Å². The zero-order valence-corrected chi connectivity index (χ0v) is 10.4. The normalized spacial score (nSPS) is 10.2. The molecule has 0 bridgehead atoms. The molecule has 0 saturated carbocycles. The molecule has 0 spiro atoms. The third kappa shape index (κ3) is 2.97. The number of halogens is 2. The van der Waals surface area contributed by atoms with Crippen LogP contribution in [0.5, 0.6) is 5.75 Å². The summed E-state index contributed by atoms with van der Waals surface area (Å²) in [4.78, 5) is 22.7. The Morgan fingerprint density at radius 3 is 2.38 bits per heavy atom. The molecule has 0 atom stereocenters. The molecule has 0 fully saturated rings. The molecule has 0 radical (unpaired) electrons. The van der Waals surface area contributed by atoms with Crippen molar-refractivity contribution in [3.63, 3.8) is 0 Å². The number of carboxylic acids is 1. The molecule has 21 heavy (non-hydrogen) atoms. The highest BCUT2D eigenvalue weighted by Gasteiger charge is 2.17. The van der Waals surface area contributed by atoms with Crippen molar-refractivity contribution in [1.29, 1.82) is 0 Å². The van der Waals surface area contributed by atoms with Gasteiger partial charge in [0.2, 0.25) is 0 Å². The summed E-state index contributed by atoms with van der Waals surface area (Å²) < 4.78 is 26.2. The summed E-state index contributed by atoms with van der Waals surface area (Å²) in [6, 6.07) is 6.10. The van der Waals surface area contributed by atoms with Gasteiger partial charge in [0.15, 0.2) is 5.75 Å². The molecule has 0 unspecified atom stereocenters. The fourth-order valence-corrected chi connectivity index (χ4v) is 1.68. The number of hydrogen-bond donors (Lipinski definition) is 3. The third-order valence-corrected chi connectivity index (χ3v) is 2.69. The Hall–Kier alpha value is -2.96. The van der Waals surface area contributed by atoms with Crippen LogP contribution in [0.1, 0.15) is 20.7 Å². The number of phenols is 1. The number of carbonyl (C=O) groups excluding carboxylic acids is 1. The maximum Gasteiger partial charge on any atom is 0.339 e. The van der Waals surface area contributed by atoms with Gasteiger partial charge in [0.1, 0.15) is 17.2 Å². The summed E-state index contributed by atoms with van der Waals surface area (Å²) in [5.41, 5.74) is -1.03. The second-order valence-corrected chi connectivity index (χ2v) is 4.09. The first-order valence-corrected chi connectivity index (χ1v) is 5.72. The Balaban J connectivity index is 2.32. The summed E-state index contributed by atoms with van der Waals surface area (Å²) in [6.07, 6.45) is 0. The van der Waals surface area contributed by atoms with E-state index in [-0.39, 0.29) is 5.69 Å². The number of aromatic hydroxyl groups is 1. The van der Waals surface area contributed by atoms with Crippen LogP contribution < -0.4 is 5.32 Å². The van der Waals surface area contributed by atoms with Gasteiger partial charge in [-0.2, -0.15) is 0 Å². The van der Waals surface area contributed by atoms with Gasteiger partial charge in [0.25, 0.3) is 5.91 Å². The van der Waals surface area contributed by atoms with E-state index in [2.05, 4.69) is 5.32 Å². The monoisotopic (exact) mass is 293 g/mol. The molecular weight excluding hydrogens is 284 g/mol. The van der Waals surface area contributed by atoms with E-state index < -0.39 is 40.4 Å². The largest absolute Gasteiger partial charge is 0.505 e. The lowest BCUT2D eigenvalue weighted by Crippen LogP contribution is -2.14. The number of hydrogen-bond acceptors (Lipinski definition) is 3. The summed E-state index contributed by atoms with van der Waals surface area (Å²) in [5, 5.41) is 20.7. The molecule has 5 nitrogen and oxygen atoms in total. The van der Waals surface area contributed by atoms with Crippen LogP contribution in [-0.2, 0) is 0 Å². The molecular formula is C14H9F2NO4. The van der Waals surface area contributed by atoms with Gasteiger partial charge in [-0.3, -0.25) is 4.79 Å². The second kappa shape index (κ2) is 5.58. The van der Waals surface area contributed by atoms with Crippen LogP contribution in [0, 0.1) is 11.6 Å². The van der Waals surface area contributed by atoms with E-state index in [0.717, 1.165) is 18.2 Å². The van der Waals surface area contributed by atoms with Crippen LogP contribution in [0.4, 0.5) is 14.5 Å².